The number of nitrogens with one attached hydrogen (secondary N) is 1. The SMILES string of the molecule is CCN(CC)CCNC(CO)c1cncs1. The van der Waals surface area contributed by atoms with Crippen molar-refractivity contribution in [3.8, 4) is 0 Å². The van der Waals surface area contributed by atoms with Crippen LogP contribution in [0.4, 0.5) is 0 Å². The lowest BCUT2D eigenvalue weighted by Gasteiger charge is -2.20. The number of hydrogen-bond acceptors (Lipinski definition) is 5. The second kappa shape index (κ2) is 7.73. The van der Waals surface area contributed by atoms with Crippen molar-refractivity contribution in [1.29, 1.82) is 0 Å². The molecule has 1 heterocycles. The molecule has 1 atom stereocenters. The maximum absolute atomic E-state index is 9.28. The molecule has 0 amide bonds. The molecule has 1 unspecified atom stereocenters. The minimum atomic E-state index is 0.0306. The first kappa shape index (κ1) is 13.6. The van der Waals surface area contributed by atoms with Crippen molar-refractivity contribution in [2.75, 3.05) is 32.8 Å². The average molecular weight is 243 g/mol. The van der Waals surface area contributed by atoms with Crippen LogP contribution in [0.5, 0.6) is 0 Å². The van der Waals surface area contributed by atoms with Gasteiger partial charge in [-0.2, -0.15) is 0 Å². The molecular weight excluding hydrogens is 222 g/mol. The third-order valence-electron chi connectivity index (χ3n) is 2.69. The molecular formula is C11H21N3OS. The first-order valence-electron chi connectivity index (χ1n) is 5.76. The minimum absolute atomic E-state index is 0.0306. The van der Waals surface area contributed by atoms with E-state index in [2.05, 4.69) is 29.0 Å². The van der Waals surface area contributed by atoms with Crippen molar-refractivity contribution < 1.29 is 5.11 Å². The molecule has 0 aliphatic heterocycles. The molecule has 0 aromatic carbocycles. The van der Waals surface area contributed by atoms with E-state index >= 15 is 0 Å². The predicted octanol–water partition coefficient (Wildman–Crippen LogP) is 1.11. The molecule has 0 spiro atoms. The Hall–Kier alpha value is -0.490. The van der Waals surface area contributed by atoms with Gasteiger partial charge in [0.2, 0.25) is 0 Å². The van der Waals surface area contributed by atoms with Crippen molar-refractivity contribution in [3.63, 3.8) is 0 Å². The average Bonchev–Trinajstić information content (AvgIpc) is 2.83. The topological polar surface area (TPSA) is 48.4 Å². The van der Waals surface area contributed by atoms with E-state index in [4.69, 9.17) is 0 Å². The molecule has 92 valence electrons. The molecule has 4 nitrogen and oxygen atoms in total. The molecule has 0 aliphatic rings. The van der Waals surface area contributed by atoms with Gasteiger partial charge in [0, 0.05) is 24.2 Å². The number of rotatable bonds is 8. The van der Waals surface area contributed by atoms with Gasteiger partial charge in [-0.1, -0.05) is 13.8 Å². The maximum Gasteiger partial charge on any atom is 0.0794 e. The summed E-state index contributed by atoms with van der Waals surface area (Å²) in [4.78, 5) is 7.48. The minimum Gasteiger partial charge on any atom is -0.394 e. The van der Waals surface area contributed by atoms with Gasteiger partial charge in [0.05, 0.1) is 18.2 Å². The summed E-state index contributed by atoms with van der Waals surface area (Å²) >= 11 is 1.58. The van der Waals surface area contributed by atoms with Crippen LogP contribution < -0.4 is 5.32 Å². The van der Waals surface area contributed by atoms with Crippen LogP contribution in [0.15, 0.2) is 11.7 Å². The lowest BCUT2D eigenvalue weighted by molar-refractivity contribution is 0.235. The summed E-state index contributed by atoms with van der Waals surface area (Å²) in [5.74, 6) is 0. The second-order valence-electron chi connectivity index (χ2n) is 3.62. The van der Waals surface area contributed by atoms with E-state index in [-0.39, 0.29) is 12.6 Å². The molecule has 0 fully saturated rings. The number of likely N-dealkylation sites (N-methyl/N-ethyl adjacent to an activating group) is 1. The quantitative estimate of drug-likeness (QED) is 0.718. The van der Waals surface area contributed by atoms with Gasteiger partial charge in [-0.25, -0.2) is 0 Å². The standard InChI is InChI=1S/C11H21N3OS/c1-3-14(4-2)6-5-13-10(8-15)11-7-12-9-16-11/h7,9-10,13,15H,3-6,8H2,1-2H3. The Bertz CT molecular complexity index is 262. The van der Waals surface area contributed by atoms with Crippen LogP contribution in [0.1, 0.15) is 24.8 Å². The Morgan fingerprint density at radius 2 is 2.25 bits per heavy atom. The first-order chi connectivity index (χ1) is 7.81. The lowest BCUT2D eigenvalue weighted by Crippen LogP contribution is -2.34. The Balaban J connectivity index is 2.30. The second-order valence-corrected chi connectivity index (χ2v) is 4.54. The van der Waals surface area contributed by atoms with Crippen LogP contribution in [-0.4, -0.2) is 47.8 Å². The molecule has 2 N–H and O–H groups in total. The summed E-state index contributed by atoms with van der Waals surface area (Å²) in [5, 5.41) is 12.6. The smallest absolute Gasteiger partial charge is 0.0794 e. The monoisotopic (exact) mass is 243 g/mol. The van der Waals surface area contributed by atoms with E-state index in [9.17, 15) is 5.11 Å². The Labute approximate surface area is 101 Å². The summed E-state index contributed by atoms with van der Waals surface area (Å²) < 4.78 is 0. The van der Waals surface area contributed by atoms with E-state index in [0.29, 0.717) is 0 Å². The Kier molecular flexibility index (Phi) is 6.56. The van der Waals surface area contributed by atoms with E-state index in [1.807, 2.05) is 6.20 Å². The van der Waals surface area contributed by atoms with Crippen molar-refractivity contribution in [3.05, 3.63) is 16.6 Å². The largest absolute Gasteiger partial charge is 0.394 e. The van der Waals surface area contributed by atoms with Crippen molar-refractivity contribution in [2.24, 2.45) is 0 Å². The third kappa shape index (κ3) is 4.17. The highest BCUT2D eigenvalue weighted by atomic mass is 32.1. The molecule has 0 saturated carbocycles. The van der Waals surface area contributed by atoms with Crippen molar-refractivity contribution >= 4 is 11.3 Å². The van der Waals surface area contributed by atoms with Crippen LogP contribution >= 0.6 is 11.3 Å². The number of aliphatic hydroxyl groups is 1. The summed E-state index contributed by atoms with van der Waals surface area (Å²) in [6, 6.07) is 0.0306. The number of aromatic nitrogens is 1. The predicted molar refractivity (Wildman–Crippen MR) is 67.7 cm³/mol. The van der Waals surface area contributed by atoms with Gasteiger partial charge >= 0.3 is 0 Å². The van der Waals surface area contributed by atoms with Crippen molar-refractivity contribution in [1.82, 2.24) is 15.2 Å². The maximum atomic E-state index is 9.28. The van der Waals surface area contributed by atoms with Crippen molar-refractivity contribution in [2.45, 2.75) is 19.9 Å². The summed E-state index contributed by atoms with van der Waals surface area (Å²) in [6.45, 7) is 8.51. The summed E-state index contributed by atoms with van der Waals surface area (Å²) in [7, 11) is 0. The van der Waals surface area contributed by atoms with E-state index in [1.165, 1.54) is 0 Å². The highest BCUT2D eigenvalue weighted by molar-refractivity contribution is 7.09. The molecule has 1 aromatic heterocycles. The van der Waals surface area contributed by atoms with Crippen LogP contribution in [0.2, 0.25) is 0 Å². The number of hydrogen-bond donors (Lipinski definition) is 2. The fraction of sp³-hybridized carbons (Fsp3) is 0.727. The van der Waals surface area contributed by atoms with E-state index in [0.717, 1.165) is 31.1 Å². The van der Waals surface area contributed by atoms with Gasteiger partial charge in [-0.05, 0) is 13.1 Å². The first-order valence-corrected chi connectivity index (χ1v) is 6.64. The van der Waals surface area contributed by atoms with Gasteiger partial charge in [0.1, 0.15) is 0 Å². The van der Waals surface area contributed by atoms with E-state index < -0.39 is 0 Å². The zero-order chi connectivity index (χ0) is 11.8. The Morgan fingerprint density at radius 1 is 1.50 bits per heavy atom. The van der Waals surface area contributed by atoms with Gasteiger partial charge in [-0.3, -0.25) is 4.98 Å². The Morgan fingerprint density at radius 3 is 2.75 bits per heavy atom. The molecule has 0 saturated heterocycles. The highest BCUT2D eigenvalue weighted by Crippen LogP contribution is 2.15. The molecule has 0 radical (unpaired) electrons. The zero-order valence-corrected chi connectivity index (χ0v) is 10.8. The van der Waals surface area contributed by atoms with Crippen LogP contribution in [0.25, 0.3) is 0 Å². The van der Waals surface area contributed by atoms with Gasteiger partial charge in [-0.15, -0.1) is 11.3 Å². The number of nitrogens with zero attached hydrogens (tertiary/aromatic N) is 2. The van der Waals surface area contributed by atoms with Gasteiger partial charge < -0.3 is 15.3 Å². The van der Waals surface area contributed by atoms with E-state index in [1.54, 1.807) is 16.8 Å². The van der Waals surface area contributed by atoms with Gasteiger partial charge in [0.15, 0.2) is 0 Å². The zero-order valence-electron chi connectivity index (χ0n) is 10.0. The fourth-order valence-electron chi connectivity index (χ4n) is 1.59. The number of aliphatic hydroxyl groups excluding tert-OH is 1. The summed E-state index contributed by atoms with van der Waals surface area (Å²) in [5.41, 5.74) is 1.80. The lowest BCUT2D eigenvalue weighted by atomic mass is 10.3. The molecule has 16 heavy (non-hydrogen) atoms. The fourth-order valence-corrected chi connectivity index (χ4v) is 2.28. The molecule has 1 rings (SSSR count). The van der Waals surface area contributed by atoms with Crippen LogP contribution in [0.3, 0.4) is 0 Å². The normalized spacial score (nSPS) is 13.2. The molecule has 0 aliphatic carbocycles. The number of thiazole rings is 1. The molecule has 1 aromatic rings. The van der Waals surface area contributed by atoms with Crippen LogP contribution in [0, 0.1) is 0 Å². The molecule has 0 bridgehead atoms. The van der Waals surface area contributed by atoms with Crippen LogP contribution in [-0.2, 0) is 0 Å². The molecule has 5 heteroatoms. The third-order valence-corrected chi connectivity index (χ3v) is 3.58. The van der Waals surface area contributed by atoms with Gasteiger partial charge in [0.25, 0.3) is 0 Å². The summed E-state index contributed by atoms with van der Waals surface area (Å²) in [6.07, 6.45) is 1.82. The highest BCUT2D eigenvalue weighted by Gasteiger charge is 2.11.